The predicted molar refractivity (Wildman–Crippen MR) is 50.0 cm³/mol. The normalized spacial score (nSPS) is 10.8. The smallest absolute Gasteiger partial charge is 0.307 e. The molecule has 0 aromatic carbocycles. The number of hydrogen-bond donors (Lipinski definition) is 1. The van der Waals surface area contributed by atoms with E-state index in [4.69, 9.17) is 16.7 Å². The molecular weight excluding hydrogens is 247 g/mol. The van der Waals surface area contributed by atoms with Crippen molar-refractivity contribution in [3.05, 3.63) is 28.8 Å². The molecule has 3 nitrogen and oxygen atoms in total. The zero-order chi connectivity index (χ0) is 12.3. The Hall–Kier alpha value is -1.30. The highest BCUT2D eigenvalue weighted by Gasteiger charge is 2.21. The van der Waals surface area contributed by atoms with E-state index in [2.05, 4.69) is 4.98 Å². The van der Waals surface area contributed by atoms with Crippen LogP contribution in [0.1, 0.15) is 23.1 Å². The van der Waals surface area contributed by atoms with Crippen molar-refractivity contribution in [1.29, 1.82) is 0 Å². The van der Waals surface area contributed by atoms with Gasteiger partial charge in [0.25, 0.3) is 6.43 Å². The van der Waals surface area contributed by atoms with Gasteiger partial charge in [0, 0.05) is 17.3 Å². The van der Waals surface area contributed by atoms with E-state index in [1.165, 1.54) is 0 Å². The summed E-state index contributed by atoms with van der Waals surface area (Å²) in [4.78, 5) is 13.6. The molecule has 0 radical (unpaired) electrons. The number of carboxylic acid groups (broad SMARTS) is 1. The second kappa shape index (κ2) is 5.16. The summed E-state index contributed by atoms with van der Waals surface area (Å²) in [6.07, 6.45) is -2.99. The number of rotatable bonds is 4. The van der Waals surface area contributed by atoms with Gasteiger partial charge in [-0.2, -0.15) is 4.39 Å². The van der Waals surface area contributed by atoms with E-state index in [0.717, 1.165) is 0 Å². The SMILES string of the molecule is O=C(O)Cc1c(C(F)F)cnc(F)c1CCl. The molecule has 1 aromatic rings. The van der Waals surface area contributed by atoms with Crippen molar-refractivity contribution in [2.24, 2.45) is 0 Å². The fourth-order valence-electron chi connectivity index (χ4n) is 1.26. The molecule has 0 atom stereocenters. The van der Waals surface area contributed by atoms with Crippen molar-refractivity contribution >= 4 is 17.6 Å². The van der Waals surface area contributed by atoms with Gasteiger partial charge in [-0.3, -0.25) is 4.79 Å². The third kappa shape index (κ3) is 2.63. The van der Waals surface area contributed by atoms with Crippen LogP contribution in [0.15, 0.2) is 6.20 Å². The number of carboxylic acids is 1. The first-order chi connectivity index (χ1) is 7.47. The van der Waals surface area contributed by atoms with Crippen LogP contribution in [0.5, 0.6) is 0 Å². The summed E-state index contributed by atoms with van der Waals surface area (Å²) in [5.41, 5.74) is -1.19. The highest BCUT2D eigenvalue weighted by atomic mass is 35.5. The first kappa shape index (κ1) is 12.8. The predicted octanol–water partition coefficient (Wildman–Crippen LogP) is 2.52. The minimum atomic E-state index is -2.91. The van der Waals surface area contributed by atoms with Crippen LogP contribution in [0, 0.1) is 5.95 Å². The van der Waals surface area contributed by atoms with E-state index in [1.54, 1.807) is 0 Å². The van der Waals surface area contributed by atoms with Gasteiger partial charge in [-0.25, -0.2) is 13.8 Å². The third-order valence-electron chi connectivity index (χ3n) is 1.98. The van der Waals surface area contributed by atoms with Gasteiger partial charge in [0.1, 0.15) is 0 Å². The van der Waals surface area contributed by atoms with Gasteiger partial charge in [-0.1, -0.05) is 0 Å². The molecule has 0 aliphatic heterocycles. The molecule has 1 aromatic heterocycles. The highest BCUT2D eigenvalue weighted by Crippen LogP contribution is 2.27. The second-order valence-electron chi connectivity index (χ2n) is 2.97. The Morgan fingerprint density at radius 1 is 1.50 bits per heavy atom. The van der Waals surface area contributed by atoms with Crippen molar-refractivity contribution in [2.45, 2.75) is 18.7 Å². The molecule has 0 aliphatic rings. The van der Waals surface area contributed by atoms with E-state index in [9.17, 15) is 18.0 Å². The van der Waals surface area contributed by atoms with E-state index in [-0.39, 0.29) is 11.1 Å². The average molecular weight is 254 g/mol. The molecule has 1 N–H and O–H groups in total. The lowest BCUT2D eigenvalue weighted by Crippen LogP contribution is -2.10. The molecular formula is C9H7ClF3NO2. The topological polar surface area (TPSA) is 50.2 Å². The number of hydrogen-bond acceptors (Lipinski definition) is 2. The maximum absolute atomic E-state index is 13.1. The summed E-state index contributed by atoms with van der Waals surface area (Å²) in [6.45, 7) is 0. The van der Waals surface area contributed by atoms with E-state index in [0.29, 0.717) is 6.20 Å². The van der Waals surface area contributed by atoms with Gasteiger partial charge in [0.2, 0.25) is 5.95 Å². The minimum Gasteiger partial charge on any atom is -0.481 e. The van der Waals surface area contributed by atoms with Gasteiger partial charge >= 0.3 is 5.97 Å². The van der Waals surface area contributed by atoms with Gasteiger partial charge in [-0.15, -0.1) is 11.6 Å². The van der Waals surface area contributed by atoms with E-state index >= 15 is 0 Å². The zero-order valence-corrected chi connectivity index (χ0v) is 8.64. The van der Waals surface area contributed by atoms with Crippen LogP contribution in [0.25, 0.3) is 0 Å². The Morgan fingerprint density at radius 3 is 2.56 bits per heavy atom. The quantitative estimate of drug-likeness (QED) is 0.663. The summed E-state index contributed by atoms with van der Waals surface area (Å²) < 4.78 is 38.2. The number of aliphatic carboxylic acids is 1. The number of nitrogens with zero attached hydrogens (tertiary/aromatic N) is 1. The van der Waals surface area contributed by atoms with E-state index < -0.39 is 36.2 Å². The second-order valence-corrected chi connectivity index (χ2v) is 3.23. The summed E-state index contributed by atoms with van der Waals surface area (Å²) in [6, 6.07) is 0. The summed E-state index contributed by atoms with van der Waals surface area (Å²) >= 11 is 5.38. The number of carbonyl (C=O) groups is 1. The first-order valence-electron chi connectivity index (χ1n) is 4.19. The van der Waals surface area contributed by atoms with Crippen LogP contribution in [0.2, 0.25) is 0 Å². The molecule has 16 heavy (non-hydrogen) atoms. The lowest BCUT2D eigenvalue weighted by Gasteiger charge is -2.11. The summed E-state index contributed by atoms with van der Waals surface area (Å²) in [5.74, 6) is -2.75. The number of alkyl halides is 3. The summed E-state index contributed by atoms with van der Waals surface area (Å²) in [7, 11) is 0. The average Bonchev–Trinajstić information content (AvgIpc) is 2.16. The molecule has 88 valence electrons. The largest absolute Gasteiger partial charge is 0.481 e. The number of pyridine rings is 1. The molecule has 0 spiro atoms. The van der Waals surface area contributed by atoms with Crippen LogP contribution in [-0.4, -0.2) is 16.1 Å². The Labute approximate surface area is 93.9 Å². The van der Waals surface area contributed by atoms with Gasteiger partial charge in [0.15, 0.2) is 0 Å². The summed E-state index contributed by atoms with van der Waals surface area (Å²) in [5, 5.41) is 8.55. The van der Waals surface area contributed by atoms with Crippen molar-refractivity contribution < 1.29 is 23.1 Å². The van der Waals surface area contributed by atoms with Crippen molar-refractivity contribution in [3.8, 4) is 0 Å². The molecule has 0 bridgehead atoms. The molecule has 1 heterocycles. The Morgan fingerprint density at radius 2 is 2.12 bits per heavy atom. The van der Waals surface area contributed by atoms with Crippen LogP contribution in [0.3, 0.4) is 0 Å². The highest BCUT2D eigenvalue weighted by molar-refractivity contribution is 6.17. The van der Waals surface area contributed by atoms with Crippen LogP contribution < -0.4 is 0 Å². The molecule has 1 rings (SSSR count). The fourth-order valence-corrected chi connectivity index (χ4v) is 1.54. The van der Waals surface area contributed by atoms with Gasteiger partial charge in [-0.05, 0) is 5.56 Å². The van der Waals surface area contributed by atoms with Crippen LogP contribution >= 0.6 is 11.6 Å². The van der Waals surface area contributed by atoms with Crippen molar-refractivity contribution in [1.82, 2.24) is 4.98 Å². The minimum absolute atomic E-state index is 0.290. The molecule has 0 amide bonds. The molecule has 0 aliphatic carbocycles. The standard InChI is InChI=1S/C9H7ClF3NO2/c10-2-5-4(1-7(15)16)6(8(11)12)3-14-9(5)13/h3,8H,1-2H2,(H,15,16). The zero-order valence-electron chi connectivity index (χ0n) is 7.88. The Balaban J connectivity index is 3.34. The number of aromatic nitrogens is 1. The van der Waals surface area contributed by atoms with Gasteiger partial charge in [0.05, 0.1) is 12.3 Å². The lowest BCUT2D eigenvalue weighted by atomic mass is 10.0. The fraction of sp³-hybridized carbons (Fsp3) is 0.333. The molecule has 0 fully saturated rings. The lowest BCUT2D eigenvalue weighted by molar-refractivity contribution is -0.136. The van der Waals surface area contributed by atoms with E-state index in [1.807, 2.05) is 0 Å². The molecule has 0 saturated heterocycles. The monoisotopic (exact) mass is 253 g/mol. The Bertz CT molecular complexity index is 412. The van der Waals surface area contributed by atoms with Crippen LogP contribution in [0.4, 0.5) is 13.2 Å². The number of halogens is 4. The molecule has 0 unspecified atom stereocenters. The van der Waals surface area contributed by atoms with Crippen LogP contribution in [-0.2, 0) is 17.1 Å². The maximum atomic E-state index is 13.1. The van der Waals surface area contributed by atoms with Gasteiger partial charge < -0.3 is 5.11 Å². The molecule has 7 heteroatoms. The van der Waals surface area contributed by atoms with Crippen molar-refractivity contribution in [2.75, 3.05) is 0 Å². The maximum Gasteiger partial charge on any atom is 0.307 e. The Kier molecular flexibility index (Phi) is 4.12. The first-order valence-corrected chi connectivity index (χ1v) is 4.72. The van der Waals surface area contributed by atoms with Crippen molar-refractivity contribution in [3.63, 3.8) is 0 Å². The molecule has 0 saturated carbocycles. The third-order valence-corrected chi connectivity index (χ3v) is 2.24.